The van der Waals surface area contributed by atoms with Gasteiger partial charge in [0.05, 0.1) is 0 Å². The summed E-state index contributed by atoms with van der Waals surface area (Å²) in [6.07, 6.45) is 5.70. The standard InChI is InChI=1S/C11H22FN.C9H19NO/c1-10(2,3)13-9-5-7-11(4,12)8-6-9;1-9(2,3)10-8-4-6-11-7-5-8/h9,13H,5-8H2,1-4H3;8,10H,4-7H2,1-3H3. The van der Waals surface area contributed by atoms with Crippen LogP contribution in [0.15, 0.2) is 0 Å². The van der Waals surface area contributed by atoms with Crippen molar-refractivity contribution in [3.63, 3.8) is 0 Å². The molecule has 1 aliphatic heterocycles. The molecule has 0 unspecified atom stereocenters. The van der Waals surface area contributed by atoms with Crippen LogP contribution in [0.25, 0.3) is 0 Å². The molecule has 1 saturated carbocycles. The first-order chi connectivity index (χ1) is 10.9. The van der Waals surface area contributed by atoms with Gasteiger partial charge < -0.3 is 15.4 Å². The van der Waals surface area contributed by atoms with Crippen molar-refractivity contribution in [3.8, 4) is 0 Å². The lowest BCUT2D eigenvalue weighted by Gasteiger charge is -2.35. The predicted octanol–water partition coefficient (Wildman–Crippen LogP) is 4.60. The van der Waals surface area contributed by atoms with Crippen LogP contribution < -0.4 is 10.6 Å². The first-order valence-electron chi connectivity index (χ1n) is 9.68. The topological polar surface area (TPSA) is 33.3 Å². The fraction of sp³-hybridized carbons (Fsp3) is 1.00. The van der Waals surface area contributed by atoms with E-state index in [0.29, 0.717) is 24.9 Å². The van der Waals surface area contributed by atoms with Gasteiger partial charge in [0.25, 0.3) is 0 Å². The summed E-state index contributed by atoms with van der Waals surface area (Å²) in [4.78, 5) is 0. The molecule has 3 nitrogen and oxygen atoms in total. The van der Waals surface area contributed by atoms with Crippen LogP contribution in [-0.4, -0.2) is 42.0 Å². The molecule has 144 valence electrons. The van der Waals surface area contributed by atoms with Crippen LogP contribution in [0.4, 0.5) is 4.39 Å². The van der Waals surface area contributed by atoms with Gasteiger partial charge in [-0.25, -0.2) is 4.39 Å². The van der Waals surface area contributed by atoms with Crippen LogP contribution in [0.2, 0.25) is 0 Å². The lowest BCUT2D eigenvalue weighted by Crippen LogP contribution is -2.46. The SMILES string of the molecule is CC(C)(C)NC1CCOCC1.CC1(F)CCC(NC(C)(C)C)CC1. The summed E-state index contributed by atoms with van der Waals surface area (Å²) in [5, 5.41) is 7.11. The highest BCUT2D eigenvalue weighted by Crippen LogP contribution is 2.31. The Labute approximate surface area is 149 Å². The highest BCUT2D eigenvalue weighted by atomic mass is 19.1. The van der Waals surface area contributed by atoms with Gasteiger partial charge in [0.2, 0.25) is 0 Å². The second kappa shape index (κ2) is 8.95. The summed E-state index contributed by atoms with van der Waals surface area (Å²) < 4.78 is 18.7. The van der Waals surface area contributed by atoms with Crippen molar-refractivity contribution in [2.24, 2.45) is 0 Å². The number of hydrogen-bond donors (Lipinski definition) is 2. The van der Waals surface area contributed by atoms with Gasteiger partial charge in [-0.15, -0.1) is 0 Å². The Morgan fingerprint density at radius 1 is 0.792 bits per heavy atom. The van der Waals surface area contributed by atoms with Gasteiger partial charge in [-0.1, -0.05) is 0 Å². The van der Waals surface area contributed by atoms with Crippen molar-refractivity contribution < 1.29 is 9.13 Å². The third kappa shape index (κ3) is 10.6. The molecule has 4 heteroatoms. The Morgan fingerprint density at radius 2 is 1.17 bits per heavy atom. The van der Waals surface area contributed by atoms with E-state index in [1.807, 2.05) is 0 Å². The molecule has 2 rings (SSSR count). The van der Waals surface area contributed by atoms with E-state index in [4.69, 9.17) is 4.74 Å². The Kier molecular flexibility index (Phi) is 8.15. The molecule has 24 heavy (non-hydrogen) atoms. The van der Waals surface area contributed by atoms with E-state index < -0.39 is 5.67 Å². The molecule has 2 N–H and O–H groups in total. The number of alkyl halides is 1. The molecule has 0 amide bonds. The Balaban J connectivity index is 0.000000243. The highest BCUT2D eigenvalue weighted by molar-refractivity contribution is 4.88. The third-order valence-corrected chi connectivity index (χ3v) is 4.52. The summed E-state index contributed by atoms with van der Waals surface area (Å²) in [6.45, 7) is 16.7. The lowest BCUT2D eigenvalue weighted by atomic mass is 9.84. The highest BCUT2D eigenvalue weighted by Gasteiger charge is 2.31. The molecule has 0 spiro atoms. The van der Waals surface area contributed by atoms with Crippen LogP contribution in [-0.2, 0) is 4.74 Å². The Bertz CT molecular complexity index is 342. The van der Waals surface area contributed by atoms with Crippen LogP contribution in [0.1, 0.15) is 87.0 Å². The molecule has 1 saturated heterocycles. The van der Waals surface area contributed by atoms with E-state index in [2.05, 4.69) is 52.2 Å². The maximum absolute atomic E-state index is 13.4. The minimum absolute atomic E-state index is 0.161. The molecule has 2 aliphatic rings. The summed E-state index contributed by atoms with van der Waals surface area (Å²) in [7, 11) is 0. The minimum Gasteiger partial charge on any atom is -0.381 e. The molecule has 0 bridgehead atoms. The molecule has 0 aromatic heterocycles. The van der Waals surface area contributed by atoms with Gasteiger partial charge in [0, 0.05) is 36.4 Å². The molecule has 0 aromatic carbocycles. The fourth-order valence-corrected chi connectivity index (χ4v) is 3.43. The Hall–Kier alpha value is -0.190. The second-order valence-corrected chi connectivity index (χ2v) is 9.86. The van der Waals surface area contributed by atoms with Crippen LogP contribution in [0.3, 0.4) is 0 Å². The summed E-state index contributed by atoms with van der Waals surface area (Å²) >= 11 is 0. The number of rotatable bonds is 2. The fourth-order valence-electron chi connectivity index (χ4n) is 3.43. The Morgan fingerprint density at radius 3 is 1.54 bits per heavy atom. The molecule has 1 aliphatic carbocycles. The van der Waals surface area contributed by atoms with Gasteiger partial charge in [-0.2, -0.15) is 0 Å². The predicted molar refractivity (Wildman–Crippen MR) is 101 cm³/mol. The zero-order valence-corrected chi connectivity index (χ0v) is 17.1. The summed E-state index contributed by atoms with van der Waals surface area (Å²) in [6, 6.07) is 1.19. The van der Waals surface area contributed by atoms with Gasteiger partial charge in [-0.05, 0) is 87.0 Å². The number of halogens is 1. The zero-order valence-electron chi connectivity index (χ0n) is 17.1. The van der Waals surface area contributed by atoms with Gasteiger partial charge in [0.1, 0.15) is 5.67 Å². The lowest BCUT2D eigenvalue weighted by molar-refractivity contribution is 0.0714. The van der Waals surface area contributed by atoms with E-state index in [-0.39, 0.29) is 11.1 Å². The molecule has 2 fully saturated rings. The van der Waals surface area contributed by atoms with Crippen LogP contribution >= 0.6 is 0 Å². The molecular weight excluding hydrogens is 303 g/mol. The molecule has 0 aromatic rings. The van der Waals surface area contributed by atoms with Crippen molar-refractivity contribution in [2.75, 3.05) is 13.2 Å². The summed E-state index contributed by atoms with van der Waals surface area (Å²) in [5.41, 5.74) is -0.493. The monoisotopic (exact) mass is 344 g/mol. The number of ether oxygens (including phenoxy) is 1. The maximum Gasteiger partial charge on any atom is 0.108 e. The van der Waals surface area contributed by atoms with Crippen molar-refractivity contribution in [1.82, 2.24) is 10.6 Å². The third-order valence-electron chi connectivity index (χ3n) is 4.52. The van der Waals surface area contributed by atoms with Crippen LogP contribution in [0, 0.1) is 0 Å². The van der Waals surface area contributed by atoms with Crippen molar-refractivity contribution in [2.45, 2.75) is 116 Å². The van der Waals surface area contributed by atoms with Crippen molar-refractivity contribution in [1.29, 1.82) is 0 Å². The van der Waals surface area contributed by atoms with E-state index in [0.717, 1.165) is 38.9 Å². The van der Waals surface area contributed by atoms with E-state index in [1.165, 1.54) is 0 Å². The van der Waals surface area contributed by atoms with Crippen LogP contribution in [0.5, 0.6) is 0 Å². The van der Waals surface area contributed by atoms with E-state index in [9.17, 15) is 4.39 Å². The first-order valence-corrected chi connectivity index (χ1v) is 9.68. The number of hydrogen-bond acceptors (Lipinski definition) is 3. The maximum atomic E-state index is 13.4. The first kappa shape index (κ1) is 21.9. The summed E-state index contributed by atoms with van der Waals surface area (Å²) in [5.74, 6) is 0. The van der Waals surface area contributed by atoms with Gasteiger partial charge in [-0.3, -0.25) is 0 Å². The largest absolute Gasteiger partial charge is 0.381 e. The molecular formula is C20H41FN2O. The number of nitrogens with one attached hydrogen (secondary N) is 2. The minimum atomic E-state index is -0.907. The molecule has 1 heterocycles. The second-order valence-electron chi connectivity index (χ2n) is 9.86. The normalized spacial score (nSPS) is 29.8. The molecule has 0 radical (unpaired) electrons. The smallest absolute Gasteiger partial charge is 0.108 e. The van der Waals surface area contributed by atoms with Gasteiger partial charge in [0.15, 0.2) is 0 Å². The molecule has 0 atom stereocenters. The quantitative estimate of drug-likeness (QED) is 0.768. The average Bonchev–Trinajstić information content (AvgIpc) is 2.40. The zero-order chi connectivity index (χ0) is 18.4. The van der Waals surface area contributed by atoms with Crippen molar-refractivity contribution >= 4 is 0 Å². The average molecular weight is 345 g/mol. The van der Waals surface area contributed by atoms with Crippen molar-refractivity contribution in [3.05, 3.63) is 0 Å². The van der Waals surface area contributed by atoms with E-state index >= 15 is 0 Å². The van der Waals surface area contributed by atoms with E-state index in [1.54, 1.807) is 6.92 Å². The van der Waals surface area contributed by atoms with Gasteiger partial charge >= 0.3 is 0 Å².